The first kappa shape index (κ1) is 15.2. The van der Waals surface area contributed by atoms with Crippen molar-refractivity contribution in [2.45, 2.75) is 19.8 Å². The monoisotopic (exact) mass is 292 g/mol. The lowest BCUT2D eigenvalue weighted by Crippen LogP contribution is -2.36. The maximum absolute atomic E-state index is 12.6. The molecule has 0 radical (unpaired) electrons. The summed E-state index contributed by atoms with van der Waals surface area (Å²) in [5, 5.41) is 9.39. The maximum atomic E-state index is 12.6. The molecule has 0 aromatic heterocycles. The van der Waals surface area contributed by atoms with E-state index in [1.165, 1.54) is 7.11 Å². The van der Waals surface area contributed by atoms with Gasteiger partial charge in [0.15, 0.2) is 0 Å². The fraction of sp³-hybridized carbons (Fsp3) is 0.467. The van der Waals surface area contributed by atoms with Gasteiger partial charge < -0.3 is 20.5 Å². The number of methoxy groups -OCH3 is 1. The van der Waals surface area contributed by atoms with Crippen molar-refractivity contribution in [3.8, 4) is 5.75 Å². The number of ether oxygens (including phenoxy) is 1. The van der Waals surface area contributed by atoms with Crippen LogP contribution < -0.4 is 10.5 Å². The van der Waals surface area contributed by atoms with Crippen LogP contribution >= 0.6 is 0 Å². The molecule has 1 heterocycles. The number of carboxylic acid groups (broad SMARTS) is 1. The number of carbonyl (C=O) groups is 2. The van der Waals surface area contributed by atoms with E-state index in [-0.39, 0.29) is 12.5 Å². The number of benzene rings is 1. The fourth-order valence-corrected chi connectivity index (χ4v) is 2.68. The highest BCUT2D eigenvalue weighted by atomic mass is 16.5. The van der Waals surface area contributed by atoms with Crippen molar-refractivity contribution in [3.05, 3.63) is 23.8 Å². The Bertz CT molecular complexity index is 573. The molecule has 1 saturated heterocycles. The molecule has 2 rings (SSSR count). The molecule has 1 amide bonds. The summed E-state index contributed by atoms with van der Waals surface area (Å²) in [5.41, 5.74) is 5.73. The van der Waals surface area contributed by atoms with Gasteiger partial charge in [-0.15, -0.1) is 0 Å². The van der Waals surface area contributed by atoms with Crippen LogP contribution in [0, 0.1) is 5.41 Å². The van der Waals surface area contributed by atoms with Crippen molar-refractivity contribution >= 4 is 17.6 Å². The Morgan fingerprint density at radius 3 is 2.71 bits per heavy atom. The molecule has 21 heavy (non-hydrogen) atoms. The Kier molecular flexibility index (Phi) is 4.06. The van der Waals surface area contributed by atoms with E-state index < -0.39 is 11.4 Å². The second-order valence-electron chi connectivity index (χ2n) is 5.37. The molecule has 6 heteroatoms. The summed E-state index contributed by atoms with van der Waals surface area (Å²) in [7, 11) is 1.52. The van der Waals surface area contributed by atoms with E-state index in [9.17, 15) is 14.7 Å². The molecule has 1 aliphatic heterocycles. The zero-order valence-electron chi connectivity index (χ0n) is 12.3. The minimum Gasteiger partial charge on any atom is -0.497 e. The molecule has 0 spiro atoms. The lowest BCUT2D eigenvalue weighted by Gasteiger charge is -2.23. The minimum atomic E-state index is -0.848. The summed E-state index contributed by atoms with van der Waals surface area (Å²) >= 11 is 0. The molecule has 1 atom stereocenters. The Morgan fingerprint density at radius 1 is 1.48 bits per heavy atom. The molecule has 114 valence electrons. The third kappa shape index (κ3) is 2.66. The number of nitrogens with two attached hydrogens (primary N) is 1. The van der Waals surface area contributed by atoms with Gasteiger partial charge in [-0.2, -0.15) is 0 Å². The maximum Gasteiger partial charge on any atom is 0.311 e. The molecular weight excluding hydrogens is 272 g/mol. The summed E-state index contributed by atoms with van der Waals surface area (Å²) < 4.78 is 5.10. The summed E-state index contributed by atoms with van der Waals surface area (Å²) in [6.07, 6.45) is 0.966. The van der Waals surface area contributed by atoms with Crippen LogP contribution in [0.2, 0.25) is 0 Å². The van der Waals surface area contributed by atoms with E-state index in [0.717, 1.165) is 0 Å². The normalized spacial score (nSPS) is 21.3. The first-order valence-corrected chi connectivity index (χ1v) is 6.89. The van der Waals surface area contributed by atoms with Gasteiger partial charge in [0.2, 0.25) is 0 Å². The van der Waals surface area contributed by atoms with Crippen LogP contribution in [0.25, 0.3) is 0 Å². The zero-order chi connectivity index (χ0) is 15.6. The van der Waals surface area contributed by atoms with E-state index in [1.54, 1.807) is 23.1 Å². The highest BCUT2D eigenvalue weighted by molar-refractivity contribution is 6.00. The van der Waals surface area contributed by atoms with Crippen LogP contribution in [-0.4, -0.2) is 42.1 Å². The molecule has 0 saturated carbocycles. The number of amides is 1. The predicted molar refractivity (Wildman–Crippen MR) is 78.3 cm³/mol. The van der Waals surface area contributed by atoms with Crippen molar-refractivity contribution in [2.75, 3.05) is 25.9 Å². The largest absolute Gasteiger partial charge is 0.497 e. The number of hydrogen-bond donors (Lipinski definition) is 2. The molecule has 1 fully saturated rings. The summed E-state index contributed by atoms with van der Waals surface area (Å²) in [5.74, 6) is -0.548. The molecule has 1 aromatic rings. The Morgan fingerprint density at radius 2 is 2.19 bits per heavy atom. The van der Waals surface area contributed by atoms with Gasteiger partial charge in [0.05, 0.1) is 18.1 Å². The fourth-order valence-electron chi connectivity index (χ4n) is 2.68. The lowest BCUT2D eigenvalue weighted by molar-refractivity contribution is -0.148. The molecule has 1 aliphatic rings. The second-order valence-corrected chi connectivity index (χ2v) is 5.37. The number of nitrogen functional groups attached to an aromatic ring is 1. The van der Waals surface area contributed by atoms with Crippen LogP contribution in [0.3, 0.4) is 0 Å². The Labute approximate surface area is 123 Å². The van der Waals surface area contributed by atoms with Crippen molar-refractivity contribution in [3.63, 3.8) is 0 Å². The third-order valence-electron chi connectivity index (χ3n) is 4.26. The molecule has 3 N–H and O–H groups in total. The molecule has 6 nitrogen and oxygen atoms in total. The van der Waals surface area contributed by atoms with Crippen LogP contribution in [0.5, 0.6) is 5.75 Å². The standard InChI is InChI=1S/C15H20N2O4/c1-3-15(14(19)20)6-7-17(9-15)13(18)11-8-10(21-2)4-5-12(11)16/h4-5,8H,3,6-7,9,16H2,1-2H3,(H,19,20). The van der Waals surface area contributed by atoms with Gasteiger partial charge in [0.25, 0.3) is 5.91 Å². The Hall–Kier alpha value is -2.24. The second kappa shape index (κ2) is 5.63. The number of aliphatic carboxylic acids is 1. The number of rotatable bonds is 4. The van der Waals surface area contributed by atoms with E-state index in [4.69, 9.17) is 10.5 Å². The number of anilines is 1. The molecule has 0 aliphatic carbocycles. The zero-order valence-corrected chi connectivity index (χ0v) is 12.3. The quantitative estimate of drug-likeness (QED) is 0.822. The van der Waals surface area contributed by atoms with Gasteiger partial charge in [-0.3, -0.25) is 9.59 Å². The molecular formula is C15H20N2O4. The number of likely N-dealkylation sites (tertiary alicyclic amines) is 1. The number of carbonyl (C=O) groups excluding carboxylic acids is 1. The van der Waals surface area contributed by atoms with Crippen LogP contribution in [-0.2, 0) is 4.79 Å². The predicted octanol–water partition coefficient (Wildman–Crippen LogP) is 1.60. The van der Waals surface area contributed by atoms with Gasteiger partial charge in [-0.05, 0) is 31.0 Å². The van der Waals surface area contributed by atoms with Gasteiger partial charge in [-0.1, -0.05) is 6.92 Å². The van der Waals surface area contributed by atoms with Gasteiger partial charge in [-0.25, -0.2) is 0 Å². The van der Waals surface area contributed by atoms with E-state index in [2.05, 4.69) is 0 Å². The molecule has 1 aromatic carbocycles. The lowest BCUT2D eigenvalue weighted by atomic mass is 9.84. The van der Waals surface area contributed by atoms with Gasteiger partial charge >= 0.3 is 5.97 Å². The van der Waals surface area contributed by atoms with Crippen LogP contribution in [0.15, 0.2) is 18.2 Å². The van der Waals surface area contributed by atoms with Crippen molar-refractivity contribution in [1.82, 2.24) is 4.90 Å². The average molecular weight is 292 g/mol. The van der Waals surface area contributed by atoms with Crippen molar-refractivity contribution in [2.24, 2.45) is 5.41 Å². The molecule has 0 bridgehead atoms. The van der Waals surface area contributed by atoms with Crippen LogP contribution in [0.1, 0.15) is 30.1 Å². The topological polar surface area (TPSA) is 92.9 Å². The van der Waals surface area contributed by atoms with Gasteiger partial charge in [0.1, 0.15) is 5.75 Å². The number of carboxylic acids is 1. The smallest absolute Gasteiger partial charge is 0.311 e. The van der Waals surface area contributed by atoms with E-state index in [1.807, 2.05) is 6.92 Å². The minimum absolute atomic E-state index is 0.217. The first-order chi connectivity index (χ1) is 9.93. The van der Waals surface area contributed by atoms with E-state index in [0.29, 0.717) is 36.4 Å². The Balaban J connectivity index is 2.24. The summed E-state index contributed by atoms with van der Waals surface area (Å²) in [6.45, 7) is 2.48. The van der Waals surface area contributed by atoms with Crippen molar-refractivity contribution < 1.29 is 19.4 Å². The van der Waals surface area contributed by atoms with E-state index >= 15 is 0 Å². The SMILES string of the molecule is CCC1(C(=O)O)CCN(C(=O)c2cc(OC)ccc2N)C1. The first-order valence-electron chi connectivity index (χ1n) is 6.89. The number of hydrogen-bond acceptors (Lipinski definition) is 4. The highest BCUT2D eigenvalue weighted by Crippen LogP contribution is 2.35. The third-order valence-corrected chi connectivity index (χ3v) is 4.26. The summed E-state index contributed by atoms with van der Waals surface area (Å²) in [6, 6.07) is 4.89. The summed E-state index contributed by atoms with van der Waals surface area (Å²) in [4.78, 5) is 25.6. The van der Waals surface area contributed by atoms with Gasteiger partial charge in [0, 0.05) is 18.8 Å². The highest BCUT2D eigenvalue weighted by Gasteiger charge is 2.45. The van der Waals surface area contributed by atoms with Crippen molar-refractivity contribution in [1.29, 1.82) is 0 Å². The average Bonchev–Trinajstić information content (AvgIpc) is 2.93. The van der Waals surface area contributed by atoms with Crippen LogP contribution in [0.4, 0.5) is 5.69 Å². The molecule has 1 unspecified atom stereocenters. The number of nitrogens with zero attached hydrogens (tertiary/aromatic N) is 1.